The number of H-pyrrole nitrogens is 2. The lowest BCUT2D eigenvalue weighted by Crippen LogP contribution is -2.13. The van der Waals surface area contributed by atoms with Crippen LogP contribution in [0.1, 0.15) is 22.4 Å². The van der Waals surface area contributed by atoms with Gasteiger partial charge in [0.25, 0.3) is 0 Å². The SMILES string of the molecule is Cc1ccc(-c2[nH]ncc2CNCc2cc(-c3ccccc3)n[nH]2)cc1C. The van der Waals surface area contributed by atoms with E-state index in [1.54, 1.807) is 0 Å². The summed E-state index contributed by atoms with van der Waals surface area (Å²) in [5, 5.41) is 18.4. The van der Waals surface area contributed by atoms with Crippen LogP contribution in [-0.4, -0.2) is 20.4 Å². The van der Waals surface area contributed by atoms with E-state index in [-0.39, 0.29) is 0 Å². The lowest BCUT2D eigenvalue weighted by atomic mass is 10.0. The quantitative estimate of drug-likeness (QED) is 0.480. The summed E-state index contributed by atoms with van der Waals surface area (Å²) in [6, 6.07) is 18.8. The van der Waals surface area contributed by atoms with Gasteiger partial charge in [-0.15, -0.1) is 0 Å². The van der Waals surface area contributed by atoms with Crippen LogP contribution >= 0.6 is 0 Å². The van der Waals surface area contributed by atoms with Crippen LogP contribution < -0.4 is 5.32 Å². The Labute approximate surface area is 158 Å². The van der Waals surface area contributed by atoms with Gasteiger partial charge in [0.05, 0.1) is 17.6 Å². The summed E-state index contributed by atoms with van der Waals surface area (Å²) < 4.78 is 0. The van der Waals surface area contributed by atoms with E-state index in [0.717, 1.165) is 41.3 Å². The standard InChI is InChI=1S/C22H23N5/c1-15-8-9-18(10-16(15)2)22-19(13-24-27-22)12-23-14-20-11-21(26-25-20)17-6-4-3-5-7-17/h3-11,13,23H,12,14H2,1-2H3,(H,24,27)(H,25,26). The van der Waals surface area contributed by atoms with Gasteiger partial charge in [-0.05, 0) is 37.1 Å². The van der Waals surface area contributed by atoms with Crippen molar-refractivity contribution in [3.8, 4) is 22.5 Å². The fourth-order valence-corrected chi connectivity index (χ4v) is 3.13. The van der Waals surface area contributed by atoms with Crippen molar-refractivity contribution >= 4 is 0 Å². The molecule has 0 aliphatic carbocycles. The molecule has 27 heavy (non-hydrogen) atoms. The summed E-state index contributed by atoms with van der Waals surface area (Å²) >= 11 is 0. The molecule has 0 saturated carbocycles. The molecule has 5 nitrogen and oxygen atoms in total. The highest BCUT2D eigenvalue weighted by Crippen LogP contribution is 2.23. The highest BCUT2D eigenvalue weighted by Gasteiger charge is 2.09. The number of aromatic nitrogens is 4. The Bertz CT molecular complexity index is 1030. The van der Waals surface area contributed by atoms with Gasteiger partial charge >= 0.3 is 0 Å². The molecule has 2 heterocycles. The molecule has 0 unspecified atom stereocenters. The molecular formula is C22H23N5. The maximum atomic E-state index is 4.40. The van der Waals surface area contributed by atoms with Gasteiger partial charge < -0.3 is 5.32 Å². The van der Waals surface area contributed by atoms with Crippen molar-refractivity contribution < 1.29 is 0 Å². The number of benzene rings is 2. The largest absolute Gasteiger partial charge is 0.307 e. The van der Waals surface area contributed by atoms with Crippen LogP contribution in [0, 0.1) is 13.8 Å². The first-order valence-corrected chi connectivity index (χ1v) is 9.11. The topological polar surface area (TPSA) is 69.4 Å². The highest BCUT2D eigenvalue weighted by molar-refractivity contribution is 5.64. The number of nitrogens with one attached hydrogen (secondary N) is 3. The van der Waals surface area contributed by atoms with Gasteiger partial charge in [-0.25, -0.2) is 0 Å². The van der Waals surface area contributed by atoms with Crippen molar-refractivity contribution in [3.63, 3.8) is 0 Å². The van der Waals surface area contributed by atoms with Gasteiger partial charge in [0.1, 0.15) is 0 Å². The van der Waals surface area contributed by atoms with Crippen LogP contribution in [0.5, 0.6) is 0 Å². The Kier molecular flexibility index (Phi) is 4.85. The van der Waals surface area contributed by atoms with Crippen LogP contribution in [0.2, 0.25) is 0 Å². The molecule has 0 bridgehead atoms. The molecule has 136 valence electrons. The molecule has 2 aromatic carbocycles. The molecule has 0 saturated heterocycles. The molecule has 0 spiro atoms. The lowest BCUT2D eigenvalue weighted by molar-refractivity contribution is 0.678. The summed E-state index contributed by atoms with van der Waals surface area (Å²) in [6.45, 7) is 5.72. The number of hydrogen-bond acceptors (Lipinski definition) is 3. The highest BCUT2D eigenvalue weighted by atomic mass is 15.1. The van der Waals surface area contributed by atoms with Gasteiger partial charge in [0.15, 0.2) is 0 Å². The van der Waals surface area contributed by atoms with Crippen molar-refractivity contribution in [1.82, 2.24) is 25.7 Å². The summed E-state index contributed by atoms with van der Waals surface area (Å²) in [6.07, 6.45) is 1.89. The van der Waals surface area contributed by atoms with E-state index >= 15 is 0 Å². The van der Waals surface area contributed by atoms with Crippen LogP contribution in [0.4, 0.5) is 0 Å². The Balaban J connectivity index is 1.41. The number of rotatable bonds is 6. The average molecular weight is 357 g/mol. The number of nitrogens with zero attached hydrogens (tertiary/aromatic N) is 2. The van der Waals surface area contributed by atoms with Crippen molar-refractivity contribution in [2.45, 2.75) is 26.9 Å². The van der Waals surface area contributed by atoms with E-state index in [9.17, 15) is 0 Å². The molecule has 0 amide bonds. The Morgan fingerprint density at radius 2 is 1.70 bits per heavy atom. The second kappa shape index (κ2) is 7.60. The third kappa shape index (κ3) is 3.83. The summed E-state index contributed by atoms with van der Waals surface area (Å²) in [4.78, 5) is 0. The normalized spacial score (nSPS) is 11.0. The molecular weight excluding hydrogens is 334 g/mol. The zero-order chi connectivity index (χ0) is 18.6. The van der Waals surface area contributed by atoms with E-state index in [0.29, 0.717) is 0 Å². The molecule has 0 aliphatic heterocycles. The summed E-state index contributed by atoms with van der Waals surface area (Å²) in [5.74, 6) is 0. The van der Waals surface area contributed by atoms with Crippen LogP contribution in [0.3, 0.4) is 0 Å². The number of aromatic amines is 2. The molecule has 0 fully saturated rings. The molecule has 3 N–H and O–H groups in total. The zero-order valence-corrected chi connectivity index (χ0v) is 15.6. The minimum atomic E-state index is 0.720. The van der Waals surface area contributed by atoms with Crippen molar-refractivity contribution in [2.75, 3.05) is 0 Å². The van der Waals surface area contributed by atoms with E-state index in [4.69, 9.17) is 0 Å². The maximum Gasteiger partial charge on any atom is 0.0924 e. The third-order valence-electron chi connectivity index (χ3n) is 4.84. The van der Waals surface area contributed by atoms with Crippen LogP contribution in [-0.2, 0) is 13.1 Å². The maximum absolute atomic E-state index is 4.40. The molecule has 0 radical (unpaired) electrons. The average Bonchev–Trinajstić information content (AvgIpc) is 3.35. The first-order valence-electron chi connectivity index (χ1n) is 9.11. The summed E-state index contributed by atoms with van der Waals surface area (Å²) in [5.41, 5.74) is 9.11. The molecule has 4 rings (SSSR count). The van der Waals surface area contributed by atoms with E-state index in [1.165, 1.54) is 16.7 Å². The number of aryl methyl sites for hydroxylation is 2. The van der Waals surface area contributed by atoms with Gasteiger partial charge in [-0.1, -0.05) is 42.5 Å². The Morgan fingerprint density at radius 3 is 2.52 bits per heavy atom. The monoisotopic (exact) mass is 357 g/mol. The number of hydrogen-bond donors (Lipinski definition) is 3. The van der Waals surface area contributed by atoms with Crippen LogP contribution in [0.25, 0.3) is 22.5 Å². The van der Waals surface area contributed by atoms with E-state index in [1.807, 2.05) is 24.4 Å². The zero-order valence-electron chi connectivity index (χ0n) is 15.6. The lowest BCUT2D eigenvalue weighted by Gasteiger charge is -2.07. The molecule has 4 aromatic rings. The van der Waals surface area contributed by atoms with Crippen molar-refractivity contribution in [2.24, 2.45) is 0 Å². The Morgan fingerprint density at radius 1 is 0.852 bits per heavy atom. The third-order valence-corrected chi connectivity index (χ3v) is 4.84. The second-order valence-corrected chi connectivity index (χ2v) is 6.82. The van der Waals surface area contributed by atoms with Crippen LogP contribution in [0.15, 0.2) is 60.8 Å². The molecule has 0 aliphatic rings. The van der Waals surface area contributed by atoms with E-state index in [2.05, 4.69) is 76.0 Å². The molecule has 2 aromatic heterocycles. The molecule has 0 atom stereocenters. The summed E-state index contributed by atoms with van der Waals surface area (Å²) in [7, 11) is 0. The smallest absolute Gasteiger partial charge is 0.0924 e. The van der Waals surface area contributed by atoms with E-state index < -0.39 is 0 Å². The fourth-order valence-electron chi connectivity index (χ4n) is 3.13. The first-order chi connectivity index (χ1) is 13.2. The predicted octanol–water partition coefficient (Wildman–Crippen LogP) is 4.37. The van der Waals surface area contributed by atoms with Gasteiger partial charge in [-0.3, -0.25) is 10.2 Å². The first kappa shape index (κ1) is 17.2. The molecule has 5 heteroatoms. The predicted molar refractivity (Wildman–Crippen MR) is 108 cm³/mol. The van der Waals surface area contributed by atoms with Crippen molar-refractivity contribution in [3.05, 3.63) is 83.2 Å². The fraction of sp³-hybridized carbons (Fsp3) is 0.182. The second-order valence-electron chi connectivity index (χ2n) is 6.82. The van der Waals surface area contributed by atoms with Gasteiger partial charge in [0, 0.05) is 35.5 Å². The van der Waals surface area contributed by atoms with Crippen molar-refractivity contribution in [1.29, 1.82) is 0 Å². The van der Waals surface area contributed by atoms with Gasteiger partial charge in [0.2, 0.25) is 0 Å². The Hall–Kier alpha value is -3.18. The minimum absolute atomic E-state index is 0.720. The van der Waals surface area contributed by atoms with Gasteiger partial charge in [-0.2, -0.15) is 10.2 Å². The minimum Gasteiger partial charge on any atom is -0.307 e.